The van der Waals surface area contributed by atoms with Gasteiger partial charge in [-0.05, 0) is 43.1 Å². The molecule has 1 N–H and O–H groups in total. The van der Waals surface area contributed by atoms with E-state index in [4.69, 9.17) is 0 Å². The Balaban J connectivity index is 2.56. The number of halogens is 1. The third kappa shape index (κ3) is 6.55. The highest BCUT2D eigenvalue weighted by Gasteiger charge is 2.06. The van der Waals surface area contributed by atoms with Gasteiger partial charge in [0.25, 0.3) is 0 Å². The van der Waals surface area contributed by atoms with Crippen LogP contribution in [0.15, 0.2) is 22.7 Å². The topological polar surface area (TPSA) is 15.3 Å². The highest BCUT2D eigenvalue weighted by atomic mass is 79.9. The first kappa shape index (κ1) is 16.7. The van der Waals surface area contributed by atoms with Crippen LogP contribution in [0.1, 0.15) is 38.3 Å². The fraction of sp³-hybridized carbons (Fsp3) is 0.625. The van der Waals surface area contributed by atoms with Crippen LogP contribution in [0.25, 0.3) is 0 Å². The van der Waals surface area contributed by atoms with Crippen LogP contribution < -0.4 is 5.32 Å². The van der Waals surface area contributed by atoms with Crippen LogP contribution >= 0.6 is 15.9 Å². The minimum absolute atomic E-state index is 0.710. The summed E-state index contributed by atoms with van der Waals surface area (Å²) in [4.78, 5) is 2.37. The van der Waals surface area contributed by atoms with Crippen molar-refractivity contribution in [3.05, 3.63) is 33.8 Å². The number of benzene rings is 1. The summed E-state index contributed by atoms with van der Waals surface area (Å²) in [6, 6.07) is 6.71. The van der Waals surface area contributed by atoms with E-state index in [1.807, 2.05) is 0 Å². The molecule has 0 aliphatic rings. The van der Waals surface area contributed by atoms with Crippen molar-refractivity contribution in [1.82, 2.24) is 10.2 Å². The maximum absolute atomic E-state index is 3.70. The van der Waals surface area contributed by atoms with E-state index in [-0.39, 0.29) is 0 Å². The average Bonchev–Trinajstić information content (AvgIpc) is 2.32. The third-order valence-electron chi connectivity index (χ3n) is 2.99. The summed E-state index contributed by atoms with van der Waals surface area (Å²) < 4.78 is 1.22. The van der Waals surface area contributed by atoms with Crippen LogP contribution in [-0.2, 0) is 13.1 Å². The molecule has 0 fully saturated rings. The number of nitrogens with zero attached hydrogens (tertiary/aromatic N) is 1. The lowest BCUT2D eigenvalue weighted by atomic mass is 10.1. The molecule has 0 aliphatic heterocycles. The first-order valence-electron chi connectivity index (χ1n) is 7.19. The van der Waals surface area contributed by atoms with Gasteiger partial charge in [-0.15, -0.1) is 0 Å². The SMILES string of the molecule is CCCNCc1ccc(CN(C)CC(C)C)c(Br)c1. The molecule has 0 amide bonds. The zero-order chi connectivity index (χ0) is 14.3. The first-order chi connectivity index (χ1) is 9.02. The molecule has 19 heavy (non-hydrogen) atoms. The van der Waals surface area contributed by atoms with Gasteiger partial charge in [0.1, 0.15) is 0 Å². The van der Waals surface area contributed by atoms with Crippen LogP contribution in [-0.4, -0.2) is 25.0 Å². The molecule has 0 aromatic heterocycles. The third-order valence-corrected chi connectivity index (χ3v) is 3.73. The normalized spacial score (nSPS) is 11.5. The second-order valence-corrected chi connectivity index (χ2v) is 6.55. The molecule has 0 aliphatic carbocycles. The van der Waals surface area contributed by atoms with Crippen molar-refractivity contribution in [1.29, 1.82) is 0 Å². The molecule has 2 nitrogen and oxygen atoms in total. The van der Waals surface area contributed by atoms with E-state index >= 15 is 0 Å². The summed E-state index contributed by atoms with van der Waals surface area (Å²) in [5.74, 6) is 0.710. The second-order valence-electron chi connectivity index (χ2n) is 5.69. The molecule has 0 saturated carbocycles. The predicted molar refractivity (Wildman–Crippen MR) is 87.3 cm³/mol. The molecule has 0 unspecified atom stereocenters. The standard InChI is InChI=1S/C16H27BrN2/c1-5-8-18-10-14-6-7-15(16(17)9-14)12-19(4)11-13(2)3/h6-7,9,13,18H,5,8,10-12H2,1-4H3. The highest BCUT2D eigenvalue weighted by Crippen LogP contribution is 2.20. The minimum atomic E-state index is 0.710. The summed E-state index contributed by atoms with van der Waals surface area (Å²) in [7, 11) is 2.18. The van der Waals surface area contributed by atoms with Crippen LogP contribution in [0.2, 0.25) is 0 Å². The van der Waals surface area contributed by atoms with Crippen LogP contribution in [0, 0.1) is 5.92 Å². The van der Waals surface area contributed by atoms with Crippen molar-refractivity contribution < 1.29 is 0 Å². The van der Waals surface area contributed by atoms with Gasteiger partial charge in [0.15, 0.2) is 0 Å². The molecule has 1 rings (SSSR count). The molecule has 1 aromatic rings. The lowest BCUT2D eigenvalue weighted by molar-refractivity contribution is 0.288. The zero-order valence-electron chi connectivity index (χ0n) is 12.7. The van der Waals surface area contributed by atoms with Gasteiger partial charge in [-0.1, -0.05) is 48.8 Å². The summed E-state index contributed by atoms with van der Waals surface area (Å²) in [5.41, 5.74) is 2.71. The van der Waals surface area contributed by atoms with Crippen molar-refractivity contribution in [3.63, 3.8) is 0 Å². The Morgan fingerprint density at radius 2 is 2.05 bits per heavy atom. The molecular formula is C16H27BrN2. The number of rotatable bonds is 8. The van der Waals surface area contributed by atoms with Gasteiger partial charge >= 0.3 is 0 Å². The van der Waals surface area contributed by atoms with Gasteiger partial charge in [0, 0.05) is 24.1 Å². The van der Waals surface area contributed by atoms with E-state index in [0.717, 1.165) is 26.2 Å². The molecule has 0 atom stereocenters. The number of hydrogen-bond donors (Lipinski definition) is 1. The van der Waals surface area contributed by atoms with Crippen molar-refractivity contribution in [2.24, 2.45) is 5.92 Å². The lowest BCUT2D eigenvalue weighted by Crippen LogP contribution is -2.23. The largest absolute Gasteiger partial charge is 0.313 e. The van der Waals surface area contributed by atoms with E-state index in [2.05, 4.69) is 72.2 Å². The van der Waals surface area contributed by atoms with E-state index in [0.29, 0.717) is 5.92 Å². The van der Waals surface area contributed by atoms with Gasteiger partial charge < -0.3 is 10.2 Å². The predicted octanol–water partition coefficient (Wildman–Crippen LogP) is 4.04. The maximum atomic E-state index is 3.70. The van der Waals surface area contributed by atoms with Crippen molar-refractivity contribution >= 4 is 15.9 Å². The Morgan fingerprint density at radius 3 is 2.63 bits per heavy atom. The van der Waals surface area contributed by atoms with Crippen LogP contribution in [0.4, 0.5) is 0 Å². The molecule has 0 saturated heterocycles. The highest BCUT2D eigenvalue weighted by molar-refractivity contribution is 9.10. The monoisotopic (exact) mass is 326 g/mol. The van der Waals surface area contributed by atoms with Gasteiger partial charge in [0.05, 0.1) is 0 Å². The molecule has 0 radical (unpaired) electrons. The Kier molecular flexibility index (Phi) is 7.66. The van der Waals surface area contributed by atoms with E-state index < -0.39 is 0 Å². The fourth-order valence-electron chi connectivity index (χ4n) is 2.22. The number of hydrogen-bond acceptors (Lipinski definition) is 2. The Hall–Kier alpha value is -0.380. The Morgan fingerprint density at radius 1 is 1.32 bits per heavy atom. The number of nitrogens with one attached hydrogen (secondary N) is 1. The molecule has 108 valence electrons. The van der Waals surface area contributed by atoms with Gasteiger partial charge in [-0.2, -0.15) is 0 Å². The van der Waals surface area contributed by atoms with Gasteiger partial charge in [-0.25, -0.2) is 0 Å². The van der Waals surface area contributed by atoms with Gasteiger partial charge in [0.2, 0.25) is 0 Å². The second kappa shape index (κ2) is 8.72. The van der Waals surface area contributed by atoms with E-state index in [1.54, 1.807) is 0 Å². The smallest absolute Gasteiger partial charge is 0.0242 e. The Bertz CT molecular complexity index is 377. The molecule has 3 heteroatoms. The minimum Gasteiger partial charge on any atom is -0.313 e. The molecule has 1 aromatic carbocycles. The summed E-state index contributed by atoms with van der Waals surface area (Å²) >= 11 is 3.70. The summed E-state index contributed by atoms with van der Waals surface area (Å²) in [5, 5.41) is 3.43. The molecule has 0 bridgehead atoms. The van der Waals surface area contributed by atoms with Gasteiger partial charge in [-0.3, -0.25) is 0 Å². The fourth-order valence-corrected chi connectivity index (χ4v) is 2.77. The zero-order valence-corrected chi connectivity index (χ0v) is 14.3. The maximum Gasteiger partial charge on any atom is 0.0242 e. The lowest BCUT2D eigenvalue weighted by Gasteiger charge is -2.20. The molecular weight excluding hydrogens is 300 g/mol. The van der Waals surface area contributed by atoms with E-state index in [9.17, 15) is 0 Å². The van der Waals surface area contributed by atoms with Crippen molar-refractivity contribution in [2.75, 3.05) is 20.1 Å². The molecule has 0 heterocycles. The first-order valence-corrected chi connectivity index (χ1v) is 7.98. The summed E-state index contributed by atoms with van der Waals surface area (Å²) in [6.07, 6.45) is 1.18. The van der Waals surface area contributed by atoms with Crippen molar-refractivity contribution in [3.8, 4) is 0 Å². The molecule has 0 spiro atoms. The Labute approximate surface area is 126 Å². The van der Waals surface area contributed by atoms with Crippen LogP contribution in [0.3, 0.4) is 0 Å². The van der Waals surface area contributed by atoms with Crippen LogP contribution in [0.5, 0.6) is 0 Å². The average molecular weight is 327 g/mol. The van der Waals surface area contributed by atoms with Crippen molar-refractivity contribution in [2.45, 2.75) is 40.3 Å². The summed E-state index contributed by atoms with van der Waals surface area (Å²) in [6.45, 7) is 10.9. The quantitative estimate of drug-likeness (QED) is 0.725. The van der Waals surface area contributed by atoms with E-state index in [1.165, 1.54) is 22.0 Å².